The molecule has 0 aromatic carbocycles. The second-order valence-corrected chi connectivity index (χ2v) is 0. The van der Waals surface area contributed by atoms with E-state index in [1.165, 1.54) is 0 Å². The number of hydrogen-bond donors (Lipinski definition) is 0. The van der Waals surface area contributed by atoms with Gasteiger partial charge >= 0.3 is 0 Å². The molecule has 4 heavy (non-hydrogen) atoms. The van der Waals surface area contributed by atoms with E-state index in [0.717, 1.165) is 0 Å². The first-order chi connectivity index (χ1) is 0. The molecule has 0 amide bonds. The summed E-state index contributed by atoms with van der Waals surface area (Å²) < 4.78 is 0. The topological polar surface area (TPSA) is 0 Å². The zero-order chi connectivity index (χ0) is 0. The maximum absolute atomic E-state index is 0. The van der Waals surface area contributed by atoms with Gasteiger partial charge in [-0.1, -0.05) is 0 Å². The third kappa shape index (κ3) is 8.89. The normalized spacial score (nSPS) is 0. The summed E-state index contributed by atoms with van der Waals surface area (Å²) in [4.78, 5) is 0. The van der Waals surface area contributed by atoms with E-state index in [1.807, 2.05) is 0 Å². The zero-order valence-corrected chi connectivity index (χ0v) is 12.5. The molecule has 0 bridgehead atoms. The van der Waals surface area contributed by atoms with Crippen LogP contribution in [0.15, 0.2) is 0 Å². The summed E-state index contributed by atoms with van der Waals surface area (Å²) >= 11 is 0. The van der Waals surface area contributed by atoms with Gasteiger partial charge in [0.2, 0.25) is 0 Å². The van der Waals surface area contributed by atoms with Crippen LogP contribution in [0.3, 0.4) is 0 Å². The molecular formula is HfMoNbW. The van der Waals surface area contributed by atoms with Crippen LogP contribution in [0, 0.1) is 0 Å². The zero-order valence-electron chi connectivity index (χ0n) is 1.76. The van der Waals surface area contributed by atoms with Gasteiger partial charge in [-0.15, -0.1) is 0 Å². The Kier molecular flexibility index (Phi) is 117. The van der Waals surface area contributed by atoms with E-state index in [0.29, 0.717) is 0 Å². The van der Waals surface area contributed by atoms with Crippen molar-refractivity contribution in [3.63, 3.8) is 0 Å². The molecule has 0 nitrogen and oxygen atoms in total. The summed E-state index contributed by atoms with van der Waals surface area (Å²) in [7, 11) is 0. The van der Waals surface area contributed by atoms with Gasteiger partial charge in [-0.25, -0.2) is 0 Å². The largest absolute Gasteiger partial charge is 0 e. The van der Waals surface area contributed by atoms with Crippen LogP contribution < -0.4 is 0 Å². The first-order valence-electron chi connectivity index (χ1n) is 0. The predicted molar refractivity (Wildman–Crippen MR) is 0 cm³/mol. The van der Waals surface area contributed by atoms with E-state index in [2.05, 4.69) is 0 Å². The van der Waals surface area contributed by atoms with E-state index in [1.54, 1.807) is 0 Å². The van der Waals surface area contributed by atoms with Crippen molar-refractivity contribution >= 4 is 0 Å². The summed E-state index contributed by atoms with van der Waals surface area (Å²) in [5, 5.41) is 0. The van der Waals surface area contributed by atoms with Gasteiger partial charge < -0.3 is 0 Å². The van der Waals surface area contributed by atoms with Crippen LogP contribution in [0.25, 0.3) is 0 Å². The molecule has 0 rings (SSSR count). The van der Waals surface area contributed by atoms with E-state index in [-0.39, 0.29) is 90.4 Å². The summed E-state index contributed by atoms with van der Waals surface area (Å²) in [6.45, 7) is 0. The molecule has 0 saturated heterocycles. The molecule has 0 aromatic heterocycles. The number of hydrogen-bond acceptors (Lipinski definition) is 0. The Balaban J connectivity index is 0. The molecule has 0 aromatic rings. The molecule has 0 fully saturated rings. The quantitative estimate of drug-likeness (QED) is 0.372. The van der Waals surface area contributed by atoms with Gasteiger partial charge in [0.15, 0.2) is 0 Å². The summed E-state index contributed by atoms with van der Waals surface area (Å²) in [6.07, 6.45) is 0. The molecule has 21 valence electrons. The van der Waals surface area contributed by atoms with Crippen molar-refractivity contribution < 1.29 is 90.4 Å². The fraction of sp³-hybridized carbons (Fsp3) is 0. The molecule has 4 heteroatoms. The molecular weight excluding hydrogens is 551 g/mol. The average Bonchev–Trinajstić information content (AvgIpc) is 0. The minimum absolute atomic E-state index is 0. The van der Waals surface area contributed by atoms with Crippen molar-refractivity contribution in [3.05, 3.63) is 0 Å². The van der Waals surface area contributed by atoms with Crippen LogP contribution in [0.2, 0.25) is 0 Å². The molecule has 0 aliphatic heterocycles. The maximum atomic E-state index is 0. The fourth-order valence-electron chi connectivity index (χ4n) is 0. The molecule has 0 unspecified atom stereocenters. The SMILES string of the molecule is [Hf].[Mo].[Nb].[W]. The number of rotatable bonds is 0. The Hall–Kier alpha value is 2.99. The minimum Gasteiger partial charge on any atom is 0 e. The Labute approximate surface area is 88.7 Å². The van der Waals surface area contributed by atoms with Crippen molar-refractivity contribution in [1.82, 2.24) is 0 Å². The van der Waals surface area contributed by atoms with Crippen molar-refractivity contribution in [2.45, 2.75) is 0 Å². The first-order valence-corrected chi connectivity index (χ1v) is 0. The monoisotopic (exact) mass is 555 g/mol. The van der Waals surface area contributed by atoms with Crippen molar-refractivity contribution in [2.75, 3.05) is 0 Å². The second kappa shape index (κ2) is 16.7. The van der Waals surface area contributed by atoms with E-state index < -0.39 is 0 Å². The molecule has 0 spiro atoms. The minimum atomic E-state index is 0. The van der Waals surface area contributed by atoms with Gasteiger partial charge in [-0.3, -0.25) is 0 Å². The van der Waals surface area contributed by atoms with Gasteiger partial charge in [0, 0.05) is 90.4 Å². The van der Waals surface area contributed by atoms with Crippen molar-refractivity contribution in [2.24, 2.45) is 0 Å². The van der Waals surface area contributed by atoms with Crippen molar-refractivity contribution in [3.8, 4) is 0 Å². The smallest absolute Gasteiger partial charge is 0 e. The summed E-state index contributed by atoms with van der Waals surface area (Å²) in [5.41, 5.74) is 0. The van der Waals surface area contributed by atoms with Gasteiger partial charge in [0.25, 0.3) is 0 Å². The van der Waals surface area contributed by atoms with Crippen LogP contribution in [-0.4, -0.2) is 0 Å². The molecule has 0 saturated carbocycles. The van der Waals surface area contributed by atoms with Crippen LogP contribution in [0.5, 0.6) is 0 Å². The van der Waals surface area contributed by atoms with Gasteiger partial charge in [-0.05, 0) is 0 Å². The van der Waals surface area contributed by atoms with Crippen LogP contribution in [0.4, 0.5) is 0 Å². The Morgan fingerprint density at radius 3 is 1.00 bits per heavy atom. The standard InChI is InChI=1S/Hf.Mo.Nb.W. The van der Waals surface area contributed by atoms with E-state index in [4.69, 9.17) is 0 Å². The molecule has 0 N–H and O–H groups in total. The van der Waals surface area contributed by atoms with Crippen molar-refractivity contribution in [1.29, 1.82) is 0 Å². The molecule has 0 aliphatic rings. The Bertz CT molecular complexity index is 8.00. The third-order valence-electron chi connectivity index (χ3n) is 0. The molecule has 0 heterocycles. The van der Waals surface area contributed by atoms with Crippen LogP contribution in [0.1, 0.15) is 0 Å². The Morgan fingerprint density at radius 2 is 1.00 bits per heavy atom. The van der Waals surface area contributed by atoms with E-state index >= 15 is 0 Å². The molecule has 1 radical (unpaired) electrons. The fourth-order valence-corrected chi connectivity index (χ4v) is 0. The third-order valence-corrected chi connectivity index (χ3v) is 0. The van der Waals surface area contributed by atoms with Gasteiger partial charge in [0.1, 0.15) is 0 Å². The molecule has 0 atom stereocenters. The first kappa shape index (κ1) is 28.1. The van der Waals surface area contributed by atoms with Crippen LogP contribution in [-0.2, 0) is 90.4 Å². The molecule has 0 aliphatic carbocycles. The van der Waals surface area contributed by atoms with Crippen LogP contribution >= 0.6 is 0 Å². The predicted octanol–water partition coefficient (Wildman–Crippen LogP) is -0.0100. The Morgan fingerprint density at radius 1 is 1.00 bits per heavy atom. The second-order valence-electron chi connectivity index (χ2n) is 0. The average molecular weight is 551 g/mol. The van der Waals surface area contributed by atoms with Gasteiger partial charge in [0.05, 0.1) is 0 Å². The van der Waals surface area contributed by atoms with Gasteiger partial charge in [-0.2, -0.15) is 0 Å². The van der Waals surface area contributed by atoms with E-state index in [9.17, 15) is 0 Å². The summed E-state index contributed by atoms with van der Waals surface area (Å²) in [6, 6.07) is 0. The summed E-state index contributed by atoms with van der Waals surface area (Å²) in [5.74, 6) is 0. The maximum Gasteiger partial charge on any atom is 0 e.